The Morgan fingerprint density at radius 1 is 1.48 bits per heavy atom. The zero-order valence-corrected chi connectivity index (χ0v) is 15.3. The molecule has 0 bridgehead atoms. The first-order valence-electron chi connectivity index (χ1n) is 8.49. The molecule has 1 unspecified atom stereocenters. The minimum atomic E-state index is 0.119. The van der Waals surface area contributed by atoms with Crippen LogP contribution in [0.4, 0.5) is 0 Å². The van der Waals surface area contributed by atoms with E-state index in [0.29, 0.717) is 17.5 Å². The molecular formula is C18H23N2OPS. The van der Waals surface area contributed by atoms with Gasteiger partial charge in [-0.05, 0) is 43.0 Å². The Balaban J connectivity index is 1.77. The molecule has 1 saturated heterocycles. The molecule has 1 aliphatic heterocycles. The van der Waals surface area contributed by atoms with Crippen molar-refractivity contribution in [1.29, 1.82) is 0 Å². The van der Waals surface area contributed by atoms with Crippen LogP contribution in [0.1, 0.15) is 36.8 Å². The van der Waals surface area contributed by atoms with Gasteiger partial charge in [0.15, 0.2) is 5.52 Å². The molecule has 0 amide bonds. The van der Waals surface area contributed by atoms with Gasteiger partial charge in [0, 0.05) is 49.3 Å². The van der Waals surface area contributed by atoms with Crippen LogP contribution in [0.3, 0.4) is 0 Å². The van der Waals surface area contributed by atoms with Gasteiger partial charge in [0.1, 0.15) is 0 Å². The number of nitrogens with one attached hydrogen (secondary N) is 1. The van der Waals surface area contributed by atoms with Gasteiger partial charge in [0.2, 0.25) is 0 Å². The number of H-pyrrole nitrogens is 1. The maximum absolute atomic E-state index is 12.3. The number of hydrogen-bond donors (Lipinski definition) is 2. The summed E-state index contributed by atoms with van der Waals surface area (Å²) in [5.74, 6) is 0.621. The molecule has 1 fully saturated rings. The fourth-order valence-electron chi connectivity index (χ4n) is 4.62. The van der Waals surface area contributed by atoms with Crippen LogP contribution in [0.5, 0.6) is 0 Å². The lowest BCUT2D eigenvalue weighted by molar-refractivity contribution is -0.117. The van der Waals surface area contributed by atoms with Crippen molar-refractivity contribution in [3.63, 3.8) is 0 Å². The van der Waals surface area contributed by atoms with E-state index in [2.05, 4.69) is 53.5 Å². The van der Waals surface area contributed by atoms with Gasteiger partial charge in [0.25, 0.3) is 0 Å². The predicted molar refractivity (Wildman–Crippen MR) is 101 cm³/mol. The molecule has 2 aromatic rings. The molecule has 3 nitrogen and oxygen atoms in total. The minimum Gasteiger partial charge on any atom is -0.361 e. The van der Waals surface area contributed by atoms with Crippen LogP contribution in [0.25, 0.3) is 10.9 Å². The van der Waals surface area contributed by atoms with Crippen LogP contribution in [0.15, 0.2) is 24.4 Å². The van der Waals surface area contributed by atoms with Crippen molar-refractivity contribution in [2.24, 2.45) is 5.92 Å². The highest BCUT2D eigenvalue weighted by Gasteiger charge is 2.41. The van der Waals surface area contributed by atoms with E-state index in [1.165, 1.54) is 22.0 Å². The number of fused-ring (bicyclic) bond motifs is 2. The number of aromatic amines is 1. The van der Waals surface area contributed by atoms with Crippen LogP contribution in [0.2, 0.25) is 0 Å². The van der Waals surface area contributed by atoms with E-state index in [4.69, 9.17) is 0 Å². The number of thiol groups is 1. The predicted octanol–water partition coefficient (Wildman–Crippen LogP) is 3.96. The van der Waals surface area contributed by atoms with E-state index in [9.17, 15) is 4.79 Å². The summed E-state index contributed by atoms with van der Waals surface area (Å²) in [5, 5.41) is 1.41. The van der Waals surface area contributed by atoms with Crippen molar-refractivity contribution in [3.8, 4) is 0 Å². The van der Waals surface area contributed by atoms with Gasteiger partial charge in [-0.2, -0.15) is 0 Å². The highest BCUT2D eigenvalue weighted by molar-refractivity contribution is 8.43. The number of nitrogens with zero attached hydrogens (tertiary/aromatic N) is 1. The van der Waals surface area contributed by atoms with Crippen LogP contribution >= 0.6 is 20.0 Å². The van der Waals surface area contributed by atoms with Gasteiger partial charge < -0.3 is 4.98 Å². The molecule has 1 aromatic carbocycles. The van der Waals surface area contributed by atoms with Gasteiger partial charge in [-0.3, -0.25) is 9.69 Å². The van der Waals surface area contributed by atoms with Crippen LogP contribution < -0.4 is 0 Å². The molecule has 1 N–H and O–H groups in total. The molecule has 23 heavy (non-hydrogen) atoms. The summed E-state index contributed by atoms with van der Waals surface area (Å²) in [6.45, 7) is 4.22. The van der Waals surface area contributed by atoms with E-state index >= 15 is 0 Å². The van der Waals surface area contributed by atoms with Crippen molar-refractivity contribution in [1.82, 2.24) is 9.88 Å². The number of piperidine rings is 1. The first kappa shape index (κ1) is 15.7. The Bertz CT molecular complexity index is 744. The zero-order chi connectivity index (χ0) is 16.0. The van der Waals surface area contributed by atoms with E-state index in [0.717, 1.165) is 32.4 Å². The number of carbonyl (C=O) groups is 1. The third-order valence-corrected chi connectivity index (χ3v) is 6.86. The molecule has 4 rings (SSSR count). The molecule has 2 aliphatic rings. The monoisotopic (exact) mass is 346 g/mol. The summed E-state index contributed by atoms with van der Waals surface area (Å²) in [5.41, 5.74) is 4.46. The van der Waals surface area contributed by atoms with Crippen LogP contribution in [0, 0.1) is 5.92 Å². The molecule has 5 heteroatoms. The number of hydrogen-bond acceptors (Lipinski definition) is 3. The Morgan fingerprint density at radius 3 is 3.13 bits per heavy atom. The Hall–Kier alpha value is -0.830. The second kappa shape index (κ2) is 6.23. The third-order valence-electron chi connectivity index (χ3n) is 5.57. The Morgan fingerprint density at radius 2 is 2.35 bits per heavy atom. The number of carbonyl (C=O) groups excluding carboxylic acids is 1. The molecule has 0 spiro atoms. The van der Waals surface area contributed by atoms with Crippen LogP contribution in [-0.4, -0.2) is 34.5 Å². The van der Waals surface area contributed by atoms with Crippen LogP contribution in [-0.2, 0) is 11.2 Å². The molecular weight excluding hydrogens is 323 g/mol. The molecule has 4 atom stereocenters. The molecule has 0 saturated carbocycles. The number of benzene rings is 1. The van der Waals surface area contributed by atoms with E-state index in [-0.39, 0.29) is 13.7 Å². The van der Waals surface area contributed by atoms with Gasteiger partial charge in [0.05, 0.1) is 0 Å². The molecule has 1 aromatic heterocycles. The summed E-state index contributed by atoms with van der Waals surface area (Å²) >= 11 is 4.26. The second-order valence-electron chi connectivity index (χ2n) is 6.87. The highest BCUT2D eigenvalue weighted by Crippen LogP contribution is 2.46. The van der Waals surface area contributed by atoms with Gasteiger partial charge in [-0.15, -0.1) is 12.2 Å². The van der Waals surface area contributed by atoms with E-state index in [1.54, 1.807) is 0 Å². The fraction of sp³-hybridized carbons (Fsp3) is 0.500. The third kappa shape index (κ3) is 2.56. The van der Waals surface area contributed by atoms with Crippen molar-refractivity contribution in [2.75, 3.05) is 13.1 Å². The topological polar surface area (TPSA) is 36.1 Å². The normalized spacial score (nSPS) is 27.7. The fourth-order valence-corrected chi connectivity index (χ4v) is 5.56. The van der Waals surface area contributed by atoms with Crippen molar-refractivity contribution in [2.45, 2.75) is 38.1 Å². The standard InChI is InChI=1S/C18H23N2OPS/c1-2-6-20-10-12(18(21)22-23)7-14-13-4-3-5-15-17(13)11(9-19-15)8-16(14)20/h3-5,9,12,14,16,19,22-23H,2,6-8,10H2,1H3/t12-,14-,16-/m1/s1. The first-order chi connectivity index (χ1) is 11.2. The number of likely N-dealkylation sites (tertiary alicyclic amines) is 1. The minimum absolute atomic E-state index is 0.119. The Labute approximate surface area is 144 Å². The quantitative estimate of drug-likeness (QED) is 0.649. The van der Waals surface area contributed by atoms with E-state index in [1.807, 2.05) is 0 Å². The van der Waals surface area contributed by atoms with Crippen molar-refractivity contribution < 1.29 is 4.79 Å². The summed E-state index contributed by atoms with van der Waals surface area (Å²) in [6.07, 6.45) is 5.41. The molecule has 0 radical (unpaired) electrons. The average molecular weight is 346 g/mol. The summed E-state index contributed by atoms with van der Waals surface area (Å²) in [6, 6.07) is 7.12. The SMILES string of the molecule is CCCN1C[C@H](C(=O)PS)C[C@@H]2c3cccc4[nH]cc(c34)C[C@H]21. The lowest BCUT2D eigenvalue weighted by Crippen LogP contribution is -2.51. The summed E-state index contributed by atoms with van der Waals surface area (Å²) in [7, 11) is 0.119. The summed E-state index contributed by atoms with van der Waals surface area (Å²) < 4.78 is 0. The maximum Gasteiger partial charge on any atom is 0.165 e. The molecule has 122 valence electrons. The number of rotatable bonds is 4. The first-order valence-corrected chi connectivity index (χ1v) is 10.8. The van der Waals surface area contributed by atoms with Crippen molar-refractivity contribution >= 4 is 36.5 Å². The van der Waals surface area contributed by atoms with Gasteiger partial charge in [-0.1, -0.05) is 19.1 Å². The lowest BCUT2D eigenvalue weighted by atomic mass is 9.72. The average Bonchev–Trinajstić information content (AvgIpc) is 2.99. The lowest BCUT2D eigenvalue weighted by Gasteiger charge is -2.46. The maximum atomic E-state index is 12.3. The Kier molecular flexibility index (Phi) is 4.25. The van der Waals surface area contributed by atoms with Gasteiger partial charge in [-0.25, -0.2) is 0 Å². The number of aromatic nitrogens is 1. The smallest absolute Gasteiger partial charge is 0.165 e. The summed E-state index contributed by atoms with van der Waals surface area (Å²) in [4.78, 5) is 18.3. The second-order valence-corrected chi connectivity index (χ2v) is 8.25. The van der Waals surface area contributed by atoms with E-state index < -0.39 is 0 Å². The molecule has 1 aliphatic carbocycles. The zero-order valence-electron chi connectivity index (χ0n) is 13.4. The van der Waals surface area contributed by atoms with Gasteiger partial charge >= 0.3 is 0 Å². The molecule has 2 heterocycles. The largest absolute Gasteiger partial charge is 0.361 e. The van der Waals surface area contributed by atoms with Crippen molar-refractivity contribution in [3.05, 3.63) is 35.5 Å². The highest BCUT2D eigenvalue weighted by atomic mass is 32.7.